The fourth-order valence-corrected chi connectivity index (χ4v) is 7.00. The number of carbonyl (C=O) groups excluding carboxylic acids is 1. The summed E-state index contributed by atoms with van der Waals surface area (Å²) in [4.78, 5) is 18.2. The lowest BCUT2D eigenvalue weighted by Crippen LogP contribution is -2.37. The third-order valence-corrected chi connectivity index (χ3v) is 8.77. The van der Waals surface area contributed by atoms with E-state index in [9.17, 15) is 4.79 Å². The second-order valence-electron chi connectivity index (χ2n) is 9.70. The van der Waals surface area contributed by atoms with Crippen molar-refractivity contribution in [3.8, 4) is 28.7 Å². The lowest BCUT2D eigenvalue weighted by Gasteiger charge is -2.39. The summed E-state index contributed by atoms with van der Waals surface area (Å²) in [5.74, 6) is 1.68. The van der Waals surface area contributed by atoms with Crippen molar-refractivity contribution in [3.05, 3.63) is 65.2 Å². The highest BCUT2D eigenvalue weighted by molar-refractivity contribution is 7.22. The quantitative estimate of drug-likeness (QED) is 0.330. The van der Waals surface area contributed by atoms with E-state index in [2.05, 4.69) is 11.4 Å². The fourth-order valence-electron chi connectivity index (χ4n) is 6.10. The Morgan fingerprint density at radius 3 is 2.33 bits per heavy atom. The van der Waals surface area contributed by atoms with Crippen LogP contribution in [0.3, 0.4) is 0 Å². The molecule has 1 fully saturated rings. The Labute approximate surface area is 228 Å². The van der Waals surface area contributed by atoms with Gasteiger partial charge in [0.05, 0.1) is 50.1 Å². The lowest BCUT2D eigenvalue weighted by molar-refractivity contribution is -0.141. The summed E-state index contributed by atoms with van der Waals surface area (Å²) in [6.45, 7) is 0.443. The largest absolute Gasteiger partial charge is 0.493 e. The van der Waals surface area contributed by atoms with Gasteiger partial charge in [0.2, 0.25) is 12.5 Å². The molecule has 39 heavy (non-hydrogen) atoms. The fraction of sp³-hybridized carbons (Fsp3) is 0.310. The number of aromatic nitrogens is 1. The van der Waals surface area contributed by atoms with E-state index in [1.165, 1.54) is 0 Å². The molecule has 200 valence electrons. The van der Waals surface area contributed by atoms with E-state index >= 15 is 0 Å². The molecule has 9 nitrogen and oxygen atoms in total. The molecular weight excluding hydrogens is 520 g/mol. The highest BCUT2D eigenvalue weighted by atomic mass is 32.1. The van der Waals surface area contributed by atoms with E-state index in [1.54, 1.807) is 32.7 Å². The molecule has 3 aliphatic rings. The summed E-state index contributed by atoms with van der Waals surface area (Å²) in [5, 5.41) is 4.44. The SMILES string of the molecule is COc1cc([C@@H]2c3cc4c(cc3[C@@H](Nc3nc5ccccc5s3)[C@H]3COC(=O)[C@H]23)OCO4)cc(OC)c1OC. The van der Waals surface area contributed by atoms with E-state index in [-0.39, 0.29) is 30.6 Å². The number of nitrogens with one attached hydrogen (secondary N) is 1. The molecule has 2 aliphatic heterocycles. The number of fused-ring (bicyclic) bond motifs is 4. The van der Waals surface area contributed by atoms with Gasteiger partial charge in [-0.25, -0.2) is 4.98 Å². The lowest BCUT2D eigenvalue weighted by atomic mass is 9.65. The number of cyclic esters (lactones) is 1. The first-order valence-corrected chi connectivity index (χ1v) is 13.4. The zero-order valence-electron chi connectivity index (χ0n) is 21.6. The normalized spacial score (nSPS) is 22.7. The Balaban J connectivity index is 1.41. The number of benzene rings is 3. The Bertz CT molecular complexity index is 1540. The van der Waals surface area contributed by atoms with Crippen LogP contribution in [0.25, 0.3) is 10.2 Å². The first-order chi connectivity index (χ1) is 19.1. The van der Waals surface area contributed by atoms with Gasteiger partial charge in [-0.15, -0.1) is 0 Å². The Morgan fingerprint density at radius 1 is 0.923 bits per heavy atom. The third kappa shape index (κ3) is 3.73. The standard InChI is InChI=1S/C29H26N2O7S/c1-33-21-8-14(9-22(34-2)27(21)35-3)24-15-10-19-20(38-13-37-19)11-16(15)26(17-12-36-28(32)25(17)24)31-29-30-18-6-4-5-7-23(18)39-29/h4-11,17,24-26H,12-13H2,1-3H3,(H,30,31)/t17-,24+,25-,26+/m0/s1. The van der Waals surface area contributed by atoms with Crippen molar-refractivity contribution in [2.75, 3.05) is 40.0 Å². The van der Waals surface area contributed by atoms with E-state index in [1.807, 2.05) is 42.5 Å². The van der Waals surface area contributed by atoms with Crippen molar-refractivity contribution in [2.45, 2.75) is 12.0 Å². The number of esters is 1. The Hall–Kier alpha value is -4.18. The second kappa shape index (κ2) is 9.23. The van der Waals surface area contributed by atoms with Crippen molar-refractivity contribution in [1.82, 2.24) is 4.98 Å². The molecule has 0 unspecified atom stereocenters. The van der Waals surface area contributed by atoms with Gasteiger partial charge in [0.25, 0.3) is 0 Å². The maximum absolute atomic E-state index is 13.4. The van der Waals surface area contributed by atoms with E-state index in [0.29, 0.717) is 35.4 Å². The molecule has 0 spiro atoms. The van der Waals surface area contributed by atoms with Crippen LogP contribution in [0.2, 0.25) is 0 Å². The predicted octanol–water partition coefficient (Wildman–Crippen LogP) is 5.14. The van der Waals surface area contributed by atoms with Crippen LogP contribution in [0, 0.1) is 11.8 Å². The molecule has 7 rings (SSSR count). The van der Waals surface area contributed by atoms with Gasteiger partial charge in [-0.05, 0) is 53.1 Å². The number of ether oxygens (including phenoxy) is 6. The molecule has 0 bridgehead atoms. The molecule has 1 saturated heterocycles. The van der Waals surface area contributed by atoms with E-state index < -0.39 is 5.92 Å². The summed E-state index contributed by atoms with van der Waals surface area (Å²) in [6, 6.07) is 15.6. The van der Waals surface area contributed by atoms with Crippen molar-refractivity contribution < 1.29 is 33.2 Å². The maximum Gasteiger partial charge on any atom is 0.310 e. The number of carbonyl (C=O) groups is 1. The molecular formula is C29H26N2O7S. The number of para-hydroxylation sites is 1. The molecule has 10 heteroatoms. The summed E-state index contributed by atoms with van der Waals surface area (Å²) in [6.07, 6.45) is 0. The minimum atomic E-state index is -0.451. The summed E-state index contributed by atoms with van der Waals surface area (Å²) in [5.41, 5.74) is 3.75. The number of anilines is 1. The van der Waals surface area contributed by atoms with Crippen molar-refractivity contribution in [1.29, 1.82) is 0 Å². The zero-order chi connectivity index (χ0) is 26.7. The molecule has 1 aliphatic carbocycles. The molecule has 4 aromatic rings. The molecule has 1 N–H and O–H groups in total. The predicted molar refractivity (Wildman–Crippen MR) is 144 cm³/mol. The first kappa shape index (κ1) is 23.9. The van der Waals surface area contributed by atoms with Crippen LogP contribution in [0.4, 0.5) is 5.13 Å². The van der Waals surface area contributed by atoms with Gasteiger partial charge in [0, 0.05) is 11.8 Å². The summed E-state index contributed by atoms with van der Waals surface area (Å²) < 4.78 is 35.2. The third-order valence-electron chi connectivity index (χ3n) is 7.81. The topological polar surface area (TPSA) is 97.4 Å². The van der Waals surface area contributed by atoms with Gasteiger partial charge >= 0.3 is 5.97 Å². The van der Waals surface area contributed by atoms with E-state index in [0.717, 1.165) is 32.0 Å². The average molecular weight is 547 g/mol. The number of nitrogens with zero attached hydrogens (tertiary/aromatic N) is 1. The van der Waals surface area contributed by atoms with Gasteiger partial charge < -0.3 is 33.7 Å². The molecule has 0 radical (unpaired) electrons. The highest BCUT2D eigenvalue weighted by Crippen LogP contribution is 2.56. The van der Waals surface area contributed by atoms with Crippen molar-refractivity contribution in [2.24, 2.45) is 11.8 Å². The van der Waals surface area contributed by atoms with Crippen LogP contribution in [0.1, 0.15) is 28.7 Å². The molecule has 3 aromatic carbocycles. The van der Waals surface area contributed by atoms with Crippen LogP contribution >= 0.6 is 11.3 Å². The summed E-state index contributed by atoms with van der Waals surface area (Å²) >= 11 is 1.59. The van der Waals surface area contributed by atoms with Crippen LogP contribution in [0.5, 0.6) is 28.7 Å². The molecule has 0 saturated carbocycles. The number of methoxy groups -OCH3 is 3. The minimum absolute atomic E-state index is 0.151. The highest BCUT2D eigenvalue weighted by Gasteiger charge is 2.53. The smallest absolute Gasteiger partial charge is 0.310 e. The molecule has 0 amide bonds. The van der Waals surface area contributed by atoms with Crippen LogP contribution in [0.15, 0.2) is 48.5 Å². The molecule has 1 aromatic heterocycles. The summed E-state index contributed by atoms with van der Waals surface area (Å²) in [7, 11) is 4.73. The number of hydrogen-bond donors (Lipinski definition) is 1. The van der Waals surface area contributed by atoms with Gasteiger partial charge in [-0.1, -0.05) is 23.5 Å². The van der Waals surface area contributed by atoms with Gasteiger partial charge in [0.15, 0.2) is 28.1 Å². The zero-order valence-corrected chi connectivity index (χ0v) is 22.4. The van der Waals surface area contributed by atoms with Gasteiger partial charge in [-0.3, -0.25) is 4.79 Å². The maximum atomic E-state index is 13.4. The number of hydrogen-bond acceptors (Lipinski definition) is 10. The molecule has 4 atom stereocenters. The van der Waals surface area contributed by atoms with Crippen LogP contribution < -0.4 is 29.0 Å². The Kier molecular flexibility index (Phi) is 5.66. The van der Waals surface area contributed by atoms with Crippen molar-refractivity contribution >= 4 is 32.7 Å². The second-order valence-corrected chi connectivity index (χ2v) is 10.7. The van der Waals surface area contributed by atoms with E-state index in [4.69, 9.17) is 33.4 Å². The molecule has 3 heterocycles. The number of rotatable bonds is 6. The number of thiazole rings is 1. The van der Waals surface area contributed by atoms with Gasteiger partial charge in [0.1, 0.15) is 0 Å². The Morgan fingerprint density at radius 2 is 1.64 bits per heavy atom. The average Bonchev–Trinajstić information content (AvgIpc) is 3.69. The van der Waals surface area contributed by atoms with Crippen molar-refractivity contribution in [3.63, 3.8) is 0 Å². The van der Waals surface area contributed by atoms with Crippen LogP contribution in [-0.2, 0) is 9.53 Å². The van der Waals surface area contributed by atoms with Gasteiger partial charge in [-0.2, -0.15) is 0 Å². The first-order valence-electron chi connectivity index (χ1n) is 12.6. The minimum Gasteiger partial charge on any atom is -0.493 e. The van der Waals surface area contributed by atoms with Crippen LogP contribution in [-0.4, -0.2) is 45.7 Å². The monoisotopic (exact) mass is 546 g/mol.